The minimum absolute atomic E-state index is 0.0320. The van der Waals surface area contributed by atoms with E-state index in [4.69, 9.17) is 4.74 Å². The lowest BCUT2D eigenvalue weighted by Crippen LogP contribution is -2.22. The van der Waals surface area contributed by atoms with E-state index >= 15 is 0 Å². The molecule has 3 nitrogen and oxygen atoms in total. The van der Waals surface area contributed by atoms with Crippen molar-refractivity contribution in [3.05, 3.63) is 53.6 Å². The molecule has 1 N–H and O–H groups in total. The van der Waals surface area contributed by atoms with Gasteiger partial charge in [0.1, 0.15) is 5.75 Å². The Bertz CT molecular complexity index is 670. The Morgan fingerprint density at radius 1 is 1.18 bits per heavy atom. The highest BCUT2D eigenvalue weighted by Crippen LogP contribution is 2.29. The van der Waals surface area contributed by atoms with Crippen molar-refractivity contribution in [3.63, 3.8) is 0 Å². The van der Waals surface area contributed by atoms with Crippen LogP contribution in [0.2, 0.25) is 0 Å². The number of rotatable bonds is 5. The zero-order valence-electron chi connectivity index (χ0n) is 13.3. The van der Waals surface area contributed by atoms with Gasteiger partial charge in [-0.15, -0.1) is 11.8 Å². The summed E-state index contributed by atoms with van der Waals surface area (Å²) in [4.78, 5) is 13.5. The van der Waals surface area contributed by atoms with E-state index in [1.807, 2.05) is 31.2 Å². The fourth-order valence-electron chi connectivity index (χ4n) is 2.06. The molecule has 1 amide bonds. The summed E-state index contributed by atoms with van der Waals surface area (Å²) in [6.45, 7) is 6.03. The Morgan fingerprint density at radius 3 is 2.64 bits per heavy atom. The lowest BCUT2D eigenvalue weighted by molar-refractivity contribution is -0.115. The maximum absolute atomic E-state index is 12.4. The Balaban J connectivity index is 2.07. The normalized spacial score (nSPS) is 11.8. The average Bonchev–Trinajstić information content (AvgIpc) is 2.51. The number of thioether (sulfide) groups is 1. The second-order valence-corrected chi connectivity index (χ2v) is 6.60. The summed E-state index contributed by atoms with van der Waals surface area (Å²) in [5.41, 5.74) is 3.08. The molecular formula is C18H21NO2S. The second-order valence-electron chi connectivity index (χ2n) is 5.22. The average molecular weight is 315 g/mol. The number of ether oxygens (including phenoxy) is 1. The van der Waals surface area contributed by atoms with Gasteiger partial charge in [-0.3, -0.25) is 4.79 Å². The van der Waals surface area contributed by atoms with Crippen molar-refractivity contribution in [1.82, 2.24) is 0 Å². The molecule has 116 valence electrons. The van der Waals surface area contributed by atoms with E-state index in [-0.39, 0.29) is 11.2 Å². The third-order valence-electron chi connectivity index (χ3n) is 3.38. The van der Waals surface area contributed by atoms with Gasteiger partial charge in [-0.05, 0) is 44.5 Å². The molecule has 0 aliphatic heterocycles. The first-order valence-corrected chi connectivity index (χ1v) is 8.07. The molecular weight excluding hydrogens is 294 g/mol. The minimum Gasteiger partial charge on any atom is -0.495 e. The predicted octanol–water partition coefficient (Wildman–Crippen LogP) is 4.43. The van der Waals surface area contributed by atoms with Crippen LogP contribution in [0.5, 0.6) is 5.75 Å². The zero-order valence-corrected chi connectivity index (χ0v) is 14.2. The number of hydrogen-bond acceptors (Lipinski definition) is 3. The Kier molecular flexibility index (Phi) is 5.50. The number of carbonyl (C=O) groups is 1. The summed E-state index contributed by atoms with van der Waals surface area (Å²) >= 11 is 1.57. The van der Waals surface area contributed by atoms with Crippen molar-refractivity contribution >= 4 is 23.4 Å². The molecule has 0 bridgehead atoms. The third kappa shape index (κ3) is 4.04. The standard InChI is InChI=1S/C18H21NO2S/c1-12-9-10-13(2)17(11-12)22-14(3)18(20)19-15-7-5-6-8-16(15)21-4/h5-11,14H,1-4H3,(H,19,20)/t14-/m0/s1. The van der Waals surface area contributed by atoms with Gasteiger partial charge >= 0.3 is 0 Å². The molecule has 0 saturated carbocycles. The predicted molar refractivity (Wildman–Crippen MR) is 92.9 cm³/mol. The van der Waals surface area contributed by atoms with E-state index in [0.717, 1.165) is 4.90 Å². The number of amides is 1. The SMILES string of the molecule is COc1ccccc1NC(=O)[C@H](C)Sc1cc(C)ccc1C. The van der Waals surface area contributed by atoms with Crippen LogP contribution in [0.4, 0.5) is 5.69 Å². The van der Waals surface area contributed by atoms with E-state index in [1.54, 1.807) is 18.9 Å². The fraction of sp³-hybridized carbons (Fsp3) is 0.278. The maximum atomic E-state index is 12.4. The number of anilines is 1. The molecule has 0 spiro atoms. The van der Waals surface area contributed by atoms with Crippen LogP contribution in [-0.2, 0) is 4.79 Å². The van der Waals surface area contributed by atoms with Gasteiger partial charge in [-0.1, -0.05) is 29.8 Å². The first-order valence-electron chi connectivity index (χ1n) is 7.19. The highest BCUT2D eigenvalue weighted by Gasteiger charge is 2.17. The Morgan fingerprint density at radius 2 is 1.91 bits per heavy atom. The summed E-state index contributed by atoms with van der Waals surface area (Å²) in [5, 5.41) is 2.74. The van der Waals surface area contributed by atoms with Crippen LogP contribution >= 0.6 is 11.8 Å². The molecule has 1 atom stereocenters. The first-order chi connectivity index (χ1) is 10.5. The van der Waals surface area contributed by atoms with Gasteiger partial charge in [0.25, 0.3) is 0 Å². The van der Waals surface area contributed by atoms with Gasteiger partial charge in [-0.25, -0.2) is 0 Å². The van der Waals surface area contributed by atoms with Crippen molar-refractivity contribution in [2.45, 2.75) is 30.9 Å². The molecule has 2 aromatic carbocycles. The van der Waals surface area contributed by atoms with Crippen LogP contribution in [0.15, 0.2) is 47.4 Å². The first kappa shape index (κ1) is 16.4. The van der Waals surface area contributed by atoms with Crippen molar-refractivity contribution in [3.8, 4) is 5.75 Å². The second kappa shape index (κ2) is 7.36. The van der Waals surface area contributed by atoms with Gasteiger partial charge in [0.05, 0.1) is 18.0 Å². The van der Waals surface area contributed by atoms with E-state index in [9.17, 15) is 4.79 Å². The summed E-state index contributed by atoms with van der Waals surface area (Å²) in [6.07, 6.45) is 0. The molecule has 0 aliphatic rings. The van der Waals surface area contributed by atoms with E-state index < -0.39 is 0 Å². The van der Waals surface area contributed by atoms with Crippen LogP contribution in [-0.4, -0.2) is 18.3 Å². The Labute approximate surface area is 136 Å². The minimum atomic E-state index is -0.189. The fourth-order valence-corrected chi connectivity index (χ4v) is 3.12. The Hall–Kier alpha value is -1.94. The van der Waals surface area contributed by atoms with Crippen LogP contribution in [0.25, 0.3) is 0 Å². The molecule has 0 aliphatic carbocycles. The van der Waals surface area contributed by atoms with Crippen LogP contribution in [0.1, 0.15) is 18.1 Å². The highest BCUT2D eigenvalue weighted by atomic mass is 32.2. The molecule has 22 heavy (non-hydrogen) atoms. The van der Waals surface area contributed by atoms with E-state index in [1.165, 1.54) is 11.1 Å². The molecule has 2 aromatic rings. The quantitative estimate of drug-likeness (QED) is 0.829. The highest BCUT2D eigenvalue weighted by molar-refractivity contribution is 8.00. The molecule has 0 fully saturated rings. The molecule has 0 aromatic heterocycles. The summed E-state index contributed by atoms with van der Waals surface area (Å²) in [6, 6.07) is 13.7. The molecule has 0 saturated heterocycles. The van der Waals surface area contributed by atoms with E-state index in [0.29, 0.717) is 11.4 Å². The molecule has 0 radical (unpaired) electrons. The number of aryl methyl sites for hydroxylation is 2. The smallest absolute Gasteiger partial charge is 0.237 e. The zero-order chi connectivity index (χ0) is 16.1. The van der Waals surface area contributed by atoms with Crippen LogP contribution in [0, 0.1) is 13.8 Å². The maximum Gasteiger partial charge on any atom is 0.237 e. The molecule has 0 heterocycles. The number of methoxy groups -OCH3 is 1. The number of hydrogen-bond donors (Lipinski definition) is 1. The summed E-state index contributed by atoms with van der Waals surface area (Å²) < 4.78 is 5.26. The summed E-state index contributed by atoms with van der Waals surface area (Å²) in [5.74, 6) is 0.634. The van der Waals surface area contributed by atoms with Crippen LogP contribution < -0.4 is 10.1 Å². The van der Waals surface area contributed by atoms with Gasteiger partial charge in [0, 0.05) is 4.90 Å². The molecule has 0 unspecified atom stereocenters. The van der Waals surface area contributed by atoms with Crippen LogP contribution in [0.3, 0.4) is 0 Å². The van der Waals surface area contributed by atoms with Crippen molar-refractivity contribution in [2.24, 2.45) is 0 Å². The number of nitrogens with one attached hydrogen (secondary N) is 1. The largest absolute Gasteiger partial charge is 0.495 e. The van der Waals surface area contributed by atoms with E-state index in [2.05, 4.69) is 37.4 Å². The third-order valence-corrected chi connectivity index (χ3v) is 4.64. The van der Waals surface area contributed by atoms with Crippen molar-refractivity contribution in [1.29, 1.82) is 0 Å². The van der Waals surface area contributed by atoms with Gasteiger partial charge in [-0.2, -0.15) is 0 Å². The van der Waals surface area contributed by atoms with Gasteiger partial charge < -0.3 is 10.1 Å². The molecule has 4 heteroatoms. The van der Waals surface area contributed by atoms with Crippen molar-refractivity contribution < 1.29 is 9.53 Å². The van der Waals surface area contributed by atoms with Crippen molar-refractivity contribution in [2.75, 3.05) is 12.4 Å². The van der Waals surface area contributed by atoms with Gasteiger partial charge in [0.15, 0.2) is 0 Å². The van der Waals surface area contributed by atoms with Gasteiger partial charge in [0.2, 0.25) is 5.91 Å². The number of carbonyl (C=O) groups excluding carboxylic acids is 1. The lowest BCUT2D eigenvalue weighted by atomic mass is 10.2. The topological polar surface area (TPSA) is 38.3 Å². The number of benzene rings is 2. The summed E-state index contributed by atoms with van der Waals surface area (Å²) in [7, 11) is 1.60. The lowest BCUT2D eigenvalue weighted by Gasteiger charge is -2.15. The molecule has 2 rings (SSSR count). The number of para-hydroxylation sites is 2. The monoisotopic (exact) mass is 315 g/mol.